The Morgan fingerprint density at radius 3 is 1.04 bits per heavy atom. The lowest BCUT2D eigenvalue weighted by Crippen LogP contribution is -2.40. The molecule has 0 spiro atoms. The first-order chi connectivity index (χ1) is 37.6. The number of hydrogen-bond donors (Lipinski definition) is 1. The van der Waals surface area contributed by atoms with Crippen LogP contribution in [0.4, 0.5) is 0 Å². The van der Waals surface area contributed by atoms with Crippen LogP contribution in [0.5, 0.6) is 0 Å². The fourth-order valence-corrected chi connectivity index (χ4v) is 8.59. The molecule has 0 amide bonds. The van der Waals surface area contributed by atoms with Crippen molar-refractivity contribution in [1.29, 1.82) is 0 Å². The van der Waals surface area contributed by atoms with Gasteiger partial charge < -0.3 is 28.5 Å². The molecule has 442 valence electrons. The molecule has 0 rings (SSSR count). The van der Waals surface area contributed by atoms with Crippen molar-refractivity contribution in [1.82, 2.24) is 0 Å². The molecule has 0 aromatic heterocycles. The smallest absolute Gasteiger partial charge is 0.361 e. The van der Waals surface area contributed by atoms with Gasteiger partial charge in [0.2, 0.25) is 0 Å². The van der Waals surface area contributed by atoms with Gasteiger partial charge in [0, 0.05) is 12.8 Å². The Bertz CT molecular complexity index is 1580. The zero-order chi connectivity index (χ0) is 56.2. The molecule has 1 N–H and O–H groups in total. The van der Waals surface area contributed by atoms with E-state index in [0.717, 1.165) is 96.3 Å². The number of carbonyl (C=O) groups is 3. The summed E-state index contributed by atoms with van der Waals surface area (Å²) >= 11 is 0. The van der Waals surface area contributed by atoms with Crippen LogP contribution in [0.25, 0.3) is 0 Å². The number of allylic oxidation sites excluding steroid dienone is 16. The van der Waals surface area contributed by atoms with E-state index in [-0.39, 0.29) is 38.6 Å². The van der Waals surface area contributed by atoms with E-state index in [2.05, 4.69) is 111 Å². The first-order valence-corrected chi connectivity index (χ1v) is 31.4. The van der Waals surface area contributed by atoms with Crippen LogP contribution >= 0.6 is 0 Å². The van der Waals surface area contributed by atoms with Gasteiger partial charge in [0.15, 0.2) is 6.10 Å². The predicted octanol–water partition coefficient (Wildman–Crippen LogP) is 18.9. The van der Waals surface area contributed by atoms with Crippen LogP contribution in [-0.2, 0) is 33.3 Å². The summed E-state index contributed by atoms with van der Waals surface area (Å²) in [7, 11) is 5.96. The Morgan fingerprint density at radius 1 is 0.390 bits per heavy atom. The molecule has 0 heterocycles. The molecule has 0 aromatic rings. The molecule has 2 unspecified atom stereocenters. The van der Waals surface area contributed by atoms with Crippen LogP contribution in [0.15, 0.2) is 97.2 Å². The normalized spacial score (nSPS) is 13.4. The molecular formula is C68H118NO8+. The van der Waals surface area contributed by atoms with Gasteiger partial charge in [-0.05, 0) is 89.9 Å². The van der Waals surface area contributed by atoms with E-state index >= 15 is 0 Å². The van der Waals surface area contributed by atoms with E-state index in [1.807, 2.05) is 21.1 Å². The summed E-state index contributed by atoms with van der Waals surface area (Å²) in [6.07, 6.45) is 76.6. The molecule has 0 aliphatic carbocycles. The first-order valence-electron chi connectivity index (χ1n) is 31.4. The highest BCUT2D eigenvalue weighted by Crippen LogP contribution is 2.17. The van der Waals surface area contributed by atoms with Crippen molar-refractivity contribution in [2.24, 2.45) is 0 Å². The van der Waals surface area contributed by atoms with Crippen molar-refractivity contribution >= 4 is 17.9 Å². The molecule has 0 saturated carbocycles. The van der Waals surface area contributed by atoms with Gasteiger partial charge in [-0.1, -0.05) is 252 Å². The quantitative estimate of drug-likeness (QED) is 0.0211. The largest absolute Gasteiger partial charge is 0.477 e. The average molecular weight is 1080 g/mol. The van der Waals surface area contributed by atoms with Crippen molar-refractivity contribution in [3.05, 3.63) is 97.2 Å². The third kappa shape index (κ3) is 59.7. The number of unbranched alkanes of at least 4 members (excludes halogenated alkanes) is 26. The molecule has 9 nitrogen and oxygen atoms in total. The molecule has 0 bridgehead atoms. The number of carbonyl (C=O) groups excluding carboxylic acids is 2. The maximum absolute atomic E-state index is 12.9. The van der Waals surface area contributed by atoms with E-state index in [1.54, 1.807) is 0 Å². The summed E-state index contributed by atoms with van der Waals surface area (Å²) in [5.41, 5.74) is 0. The monoisotopic (exact) mass is 1080 g/mol. The van der Waals surface area contributed by atoms with E-state index in [1.165, 1.54) is 128 Å². The van der Waals surface area contributed by atoms with E-state index < -0.39 is 24.3 Å². The Hall–Kier alpha value is -3.79. The van der Waals surface area contributed by atoms with Gasteiger partial charge in [-0.3, -0.25) is 9.59 Å². The second kappa shape index (κ2) is 58.4. The van der Waals surface area contributed by atoms with Crippen LogP contribution < -0.4 is 0 Å². The van der Waals surface area contributed by atoms with Crippen LogP contribution in [0.3, 0.4) is 0 Å². The summed E-state index contributed by atoms with van der Waals surface area (Å²) in [5.74, 6) is -2.03. The van der Waals surface area contributed by atoms with E-state index in [4.69, 9.17) is 18.9 Å². The highest BCUT2D eigenvalue weighted by Gasteiger charge is 2.25. The minimum Gasteiger partial charge on any atom is -0.477 e. The van der Waals surface area contributed by atoms with Crippen LogP contribution in [0.1, 0.15) is 258 Å². The number of nitrogens with zero attached hydrogens (tertiary/aromatic N) is 1. The highest BCUT2D eigenvalue weighted by molar-refractivity contribution is 5.71. The van der Waals surface area contributed by atoms with Crippen LogP contribution in [0.2, 0.25) is 0 Å². The van der Waals surface area contributed by atoms with Gasteiger partial charge in [-0.15, -0.1) is 0 Å². The number of hydrogen-bond acceptors (Lipinski definition) is 7. The minimum absolute atomic E-state index is 0.181. The van der Waals surface area contributed by atoms with Crippen molar-refractivity contribution in [3.63, 3.8) is 0 Å². The SMILES string of the molecule is CC/C=C\C/C=C\C/C=C\C/C=C\CCCCCCCCCCCCCCCCCCCCCCCCC(=O)OC(COC(=O)CCCCCC/C=C\C/C=C\C/C=C\C/C=C\CC)COC(OCC[N+](C)(C)C)C(=O)O. The van der Waals surface area contributed by atoms with Gasteiger partial charge in [0.25, 0.3) is 6.29 Å². The average Bonchev–Trinajstić information content (AvgIpc) is 3.40. The third-order valence-corrected chi connectivity index (χ3v) is 13.3. The Morgan fingerprint density at radius 2 is 0.701 bits per heavy atom. The lowest BCUT2D eigenvalue weighted by molar-refractivity contribution is -0.870. The number of esters is 2. The fraction of sp³-hybridized carbons (Fsp3) is 0.721. The molecule has 77 heavy (non-hydrogen) atoms. The first kappa shape index (κ1) is 73.2. The maximum atomic E-state index is 12.9. The second-order valence-corrected chi connectivity index (χ2v) is 22.0. The number of carboxylic acid groups (broad SMARTS) is 1. The number of ether oxygens (including phenoxy) is 4. The molecule has 0 aliphatic heterocycles. The summed E-state index contributed by atoms with van der Waals surface area (Å²) < 4.78 is 22.9. The van der Waals surface area contributed by atoms with Crippen LogP contribution in [-0.4, -0.2) is 87.4 Å². The lowest BCUT2D eigenvalue weighted by Gasteiger charge is -2.25. The van der Waals surface area contributed by atoms with Gasteiger partial charge in [-0.2, -0.15) is 0 Å². The standard InChI is InChI=1S/C68H117NO8/c1-6-8-10-12-14-16-18-20-22-24-25-26-27-28-29-30-31-32-33-34-35-36-37-38-39-40-41-43-45-47-49-51-53-55-57-59-66(71)77-64(63-76-68(67(72)73)74-61-60-69(3,4)5)62-75-65(70)58-56-54-52-50-48-46-44-42-23-21-19-17-15-13-11-9-7-2/h8-11,14-17,20-23,25-26,44,46,64,68H,6-7,12-13,18-19,24,27-43,45,47-63H2,1-5H3/p+1/b10-8-,11-9-,16-14-,17-15-,22-20-,23-21-,26-25-,46-44-. The second-order valence-electron chi connectivity index (χ2n) is 22.0. The highest BCUT2D eigenvalue weighted by atomic mass is 16.7. The van der Waals surface area contributed by atoms with Gasteiger partial charge in [-0.25, -0.2) is 4.79 Å². The summed E-state index contributed by atoms with van der Waals surface area (Å²) in [5, 5.41) is 9.71. The van der Waals surface area contributed by atoms with Gasteiger partial charge in [0.05, 0.1) is 34.4 Å². The zero-order valence-electron chi connectivity index (χ0n) is 50.3. The molecular weight excluding hydrogens is 959 g/mol. The van der Waals surface area contributed by atoms with Crippen molar-refractivity contribution in [3.8, 4) is 0 Å². The summed E-state index contributed by atoms with van der Waals surface area (Å²) in [4.78, 5) is 37.4. The number of aliphatic carboxylic acids is 1. The van der Waals surface area contributed by atoms with Gasteiger partial charge in [0.1, 0.15) is 13.2 Å². The number of likely N-dealkylation sites (N-methyl/N-ethyl adjacent to an activating group) is 1. The minimum atomic E-state index is -1.52. The van der Waals surface area contributed by atoms with E-state index in [9.17, 15) is 19.5 Å². The van der Waals surface area contributed by atoms with Crippen molar-refractivity contribution in [2.75, 3.05) is 47.5 Å². The molecule has 0 fully saturated rings. The Kier molecular flexibility index (Phi) is 55.5. The topological polar surface area (TPSA) is 108 Å². The fourth-order valence-electron chi connectivity index (χ4n) is 8.59. The van der Waals surface area contributed by atoms with Crippen LogP contribution in [0, 0.1) is 0 Å². The number of carboxylic acids is 1. The van der Waals surface area contributed by atoms with Crippen molar-refractivity contribution in [2.45, 2.75) is 270 Å². The zero-order valence-corrected chi connectivity index (χ0v) is 50.3. The molecule has 0 saturated heterocycles. The third-order valence-electron chi connectivity index (χ3n) is 13.3. The maximum Gasteiger partial charge on any atom is 0.361 e. The number of quaternary nitrogens is 1. The molecule has 9 heteroatoms. The van der Waals surface area contributed by atoms with Crippen molar-refractivity contribution < 1.29 is 42.9 Å². The Labute approximate surface area is 473 Å². The predicted molar refractivity (Wildman–Crippen MR) is 327 cm³/mol. The molecule has 0 radical (unpaired) electrons. The lowest BCUT2D eigenvalue weighted by atomic mass is 10.0. The summed E-state index contributed by atoms with van der Waals surface area (Å²) in [6.45, 7) is 4.63. The summed E-state index contributed by atoms with van der Waals surface area (Å²) in [6, 6.07) is 0. The molecule has 2 atom stereocenters. The van der Waals surface area contributed by atoms with Gasteiger partial charge >= 0.3 is 17.9 Å². The van der Waals surface area contributed by atoms with E-state index in [0.29, 0.717) is 17.4 Å². The number of rotatable bonds is 57. The molecule has 0 aliphatic rings. The Balaban J connectivity index is 4.09. The molecule has 0 aromatic carbocycles.